The summed E-state index contributed by atoms with van der Waals surface area (Å²) in [5.74, 6) is -11.4. The average molecular weight is 410 g/mol. The fraction of sp³-hybridized carbons (Fsp3) is 0.158. The van der Waals surface area contributed by atoms with Gasteiger partial charge >= 0.3 is 0 Å². The van der Waals surface area contributed by atoms with Gasteiger partial charge in [-0.25, -0.2) is 26.6 Å². The van der Waals surface area contributed by atoms with E-state index in [1.807, 2.05) is 35.8 Å². The van der Waals surface area contributed by atoms with Crippen LogP contribution >= 0.6 is 0 Å². The van der Waals surface area contributed by atoms with Crippen LogP contribution in [0.4, 0.5) is 27.6 Å². The van der Waals surface area contributed by atoms with Crippen LogP contribution in [-0.4, -0.2) is 15.7 Å². The average Bonchev–Trinajstić information content (AvgIpc) is 2.99. The van der Waals surface area contributed by atoms with Gasteiger partial charge in [-0.1, -0.05) is 18.2 Å². The molecule has 1 heterocycles. The van der Waals surface area contributed by atoms with Gasteiger partial charge in [-0.3, -0.25) is 15.6 Å². The van der Waals surface area contributed by atoms with E-state index in [-0.39, 0.29) is 6.42 Å². The minimum absolute atomic E-state index is 0.229. The topological polar surface area (TPSA) is 59.0 Å². The first-order valence-corrected chi connectivity index (χ1v) is 8.39. The number of aromatic nitrogens is 2. The van der Waals surface area contributed by atoms with Crippen molar-refractivity contribution in [3.63, 3.8) is 0 Å². The number of hydrogen-bond donors (Lipinski definition) is 2. The first kappa shape index (κ1) is 20.3. The number of para-hydroxylation sites is 1. The number of benzene rings is 2. The SMILES string of the molecule is Cc1nn(-c2ccccc2)c(C)c1CC(=O)NNc1c(F)c(F)c(F)c(F)c1F. The summed E-state index contributed by atoms with van der Waals surface area (Å²) in [6, 6.07) is 9.15. The summed E-state index contributed by atoms with van der Waals surface area (Å²) >= 11 is 0. The van der Waals surface area contributed by atoms with E-state index >= 15 is 0 Å². The van der Waals surface area contributed by atoms with Gasteiger partial charge in [-0.2, -0.15) is 5.10 Å². The molecule has 3 aromatic rings. The lowest BCUT2D eigenvalue weighted by Crippen LogP contribution is -2.32. The van der Waals surface area contributed by atoms with Gasteiger partial charge in [0, 0.05) is 11.3 Å². The second kappa shape index (κ2) is 7.90. The van der Waals surface area contributed by atoms with Gasteiger partial charge in [0.15, 0.2) is 23.3 Å². The van der Waals surface area contributed by atoms with Gasteiger partial charge in [-0.15, -0.1) is 0 Å². The van der Waals surface area contributed by atoms with E-state index in [4.69, 9.17) is 0 Å². The van der Waals surface area contributed by atoms with Gasteiger partial charge < -0.3 is 0 Å². The first-order chi connectivity index (χ1) is 13.7. The number of amides is 1. The fourth-order valence-corrected chi connectivity index (χ4v) is 2.80. The molecule has 0 unspecified atom stereocenters. The molecule has 152 valence electrons. The van der Waals surface area contributed by atoms with E-state index in [0.717, 1.165) is 5.69 Å². The maximum absolute atomic E-state index is 13.7. The third-order valence-corrected chi connectivity index (χ3v) is 4.32. The van der Waals surface area contributed by atoms with Crippen LogP contribution in [0.5, 0.6) is 0 Å². The molecule has 0 atom stereocenters. The number of nitrogens with zero attached hydrogens (tertiary/aromatic N) is 2. The molecule has 2 aromatic carbocycles. The third kappa shape index (κ3) is 3.78. The molecular weight excluding hydrogens is 395 g/mol. The van der Waals surface area contributed by atoms with E-state index in [9.17, 15) is 26.7 Å². The first-order valence-electron chi connectivity index (χ1n) is 8.39. The maximum atomic E-state index is 13.7. The van der Waals surface area contributed by atoms with Crippen molar-refractivity contribution in [3.05, 3.63) is 76.4 Å². The molecule has 0 spiro atoms. The molecule has 0 aliphatic carbocycles. The molecule has 0 aliphatic heterocycles. The minimum atomic E-state index is -2.28. The standard InChI is InChI=1S/C19H15F5N4O/c1-9-12(10(2)28(27-9)11-6-4-3-5-7-11)8-13(29)25-26-19-17(23)15(21)14(20)16(22)18(19)24/h3-7,26H,8H2,1-2H3,(H,25,29). The monoisotopic (exact) mass is 410 g/mol. The molecule has 2 N–H and O–H groups in total. The van der Waals surface area contributed by atoms with E-state index in [2.05, 4.69) is 5.10 Å². The largest absolute Gasteiger partial charge is 0.293 e. The van der Waals surface area contributed by atoms with Crippen LogP contribution < -0.4 is 10.9 Å². The second-order valence-corrected chi connectivity index (χ2v) is 6.19. The Morgan fingerprint density at radius 2 is 1.48 bits per heavy atom. The zero-order valence-electron chi connectivity index (χ0n) is 15.3. The zero-order valence-corrected chi connectivity index (χ0v) is 15.3. The van der Waals surface area contributed by atoms with Crippen LogP contribution in [0.1, 0.15) is 17.0 Å². The molecule has 0 fully saturated rings. The van der Waals surface area contributed by atoms with Crippen molar-refractivity contribution in [2.24, 2.45) is 0 Å². The van der Waals surface area contributed by atoms with E-state index < -0.39 is 40.7 Å². The highest BCUT2D eigenvalue weighted by Crippen LogP contribution is 2.26. The highest BCUT2D eigenvalue weighted by Gasteiger charge is 2.26. The van der Waals surface area contributed by atoms with E-state index in [1.165, 1.54) is 0 Å². The summed E-state index contributed by atoms with van der Waals surface area (Å²) in [5.41, 5.74) is 4.92. The highest BCUT2D eigenvalue weighted by molar-refractivity contribution is 5.80. The summed E-state index contributed by atoms with van der Waals surface area (Å²) in [5, 5.41) is 4.37. The van der Waals surface area contributed by atoms with Crippen LogP contribution in [-0.2, 0) is 11.2 Å². The summed E-state index contributed by atoms with van der Waals surface area (Å²) in [6.45, 7) is 3.43. The van der Waals surface area contributed by atoms with E-state index in [1.54, 1.807) is 24.0 Å². The van der Waals surface area contributed by atoms with E-state index in [0.29, 0.717) is 17.0 Å². The van der Waals surface area contributed by atoms with Crippen LogP contribution in [0.2, 0.25) is 0 Å². The number of hydrogen-bond acceptors (Lipinski definition) is 3. The molecule has 29 heavy (non-hydrogen) atoms. The van der Waals surface area contributed by atoms with Crippen LogP contribution in [0.15, 0.2) is 30.3 Å². The second-order valence-electron chi connectivity index (χ2n) is 6.19. The minimum Gasteiger partial charge on any atom is -0.293 e. The normalized spacial score (nSPS) is 10.9. The lowest BCUT2D eigenvalue weighted by atomic mass is 10.1. The Balaban J connectivity index is 1.77. The third-order valence-electron chi connectivity index (χ3n) is 4.32. The summed E-state index contributed by atoms with van der Waals surface area (Å²) < 4.78 is 68.4. The molecule has 0 bridgehead atoms. The summed E-state index contributed by atoms with van der Waals surface area (Å²) in [6.07, 6.45) is -0.229. The predicted octanol–water partition coefficient (Wildman–Crippen LogP) is 3.87. The quantitative estimate of drug-likeness (QED) is 0.291. The number of aryl methyl sites for hydroxylation is 1. The Labute approximate surface area is 162 Å². The van der Waals surface area contributed by atoms with Crippen LogP contribution in [0, 0.1) is 42.9 Å². The smallest absolute Gasteiger partial charge is 0.242 e. The van der Waals surface area contributed by atoms with Gasteiger partial charge in [0.2, 0.25) is 11.7 Å². The Morgan fingerprint density at radius 3 is 2.07 bits per heavy atom. The molecule has 0 saturated heterocycles. The predicted molar refractivity (Wildman–Crippen MR) is 94.7 cm³/mol. The summed E-state index contributed by atoms with van der Waals surface area (Å²) in [4.78, 5) is 12.2. The van der Waals surface area contributed by atoms with Crippen molar-refractivity contribution >= 4 is 11.6 Å². The number of anilines is 1. The molecule has 3 rings (SSSR count). The number of carbonyl (C=O) groups excluding carboxylic acids is 1. The molecule has 1 aromatic heterocycles. The van der Waals surface area contributed by atoms with Gasteiger partial charge in [-0.05, 0) is 26.0 Å². The maximum Gasteiger partial charge on any atom is 0.242 e. The Kier molecular flexibility index (Phi) is 5.53. The molecule has 0 radical (unpaired) electrons. The Bertz CT molecular complexity index is 1050. The number of nitrogens with one attached hydrogen (secondary N) is 2. The van der Waals surface area contributed by atoms with Crippen molar-refractivity contribution in [2.75, 3.05) is 5.43 Å². The van der Waals surface area contributed by atoms with Crippen molar-refractivity contribution in [3.8, 4) is 5.69 Å². The molecule has 0 saturated carbocycles. The Morgan fingerprint density at radius 1 is 0.931 bits per heavy atom. The number of halogens is 5. The zero-order chi connectivity index (χ0) is 21.3. The molecule has 10 heteroatoms. The number of rotatable bonds is 5. The van der Waals surface area contributed by atoms with Crippen molar-refractivity contribution < 1.29 is 26.7 Å². The van der Waals surface area contributed by atoms with Gasteiger partial charge in [0.05, 0.1) is 17.8 Å². The molecule has 0 aliphatic rings. The molecule has 1 amide bonds. The number of carbonyl (C=O) groups is 1. The lowest BCUT2D eigenvalue weighted by molar-refractivity contribution is -0.119. The highest BCUT2D eigenvalue weighted by atomic mass is 19.2. The van der Waals surface area contributed by atoms with Crippen molar-refractivity contribution in [1.29, 1.82) is 0 Å². The van der Waals surface area contributed by atoms with Crippen molar-refractivity contribution in [1.82, 2.24) is 15.2 Å². The lowest BCUT2D eigenvalue weighted by Gasteiger charge is -2.12. The van der Waals surface area contributed by atoms with Gasteiger partial charge in [0.25, 0.3) is 0 Å². The molecular formula is C19H15F5N4O. The van der Waals surface area contributed by atoms with Crippen LogP contribution in [0.25, 0.3) is 5.69 Å². The Hall–Kier alpha value is -3.43. The van der Waals surface area contributed by atoms with Crippen molar-refractivity contribution in [2.45, 2.75) is 20.3 Å². The number of hydrazine groups is 1. The fourth-order valence-electron chi connectivity index (χ4n) is 2.80. The van der Waals surface area contributed by atoms with Crippen LogP contribution in [0.3, 0.4) is 0 Å². The summed E-state index contributed by atoms with van der Waals surface area (Å²) in [7, 11) is 0. The molecule has 5 nitrogen and oxygen atoms in total. The van der Waals surface area contributed by atoms with Gasteiger partial charge in [0.1, 0.15) is 5.69 Å².